The topological polar surface area (TPSA) is 45.2 Å². The van der Waals surface area contributed by atoms with E-state index in [9.17, 15) is 4.79 Å². The summed E-state index contributed by atoms with van der Waals surface area (Å²) in [6.07, 6.45) is 7.63. The van der Waals surface area contributed by atoms with Gasteiger partial charge >= 0.3 is 0 Å². The van der Waals surface area contributed by atoms with Crippen molar-refractivity contribution in [2.75, 3.05) is 25.0 Å². The molecule has 0 radical (unpaired) electrons. The molecule has 0 saturated heterocycles. The highest BCUT2D eigenvalue weighted by Gasteiger charge is 2.00. The summed E-state index contributed by atoms with van der Waals surface area (Å²) >= 11 is 0. The Kier molecular flexibility index (Phi) is 6.18. The molecule has 1 aromatic heterocycles. The van der Waals surface area contributed by atoms with Gasteiger partial charge in [-0.15, -0.1) is 0 Å². The first-order chi connectivity index (χ1) is 10.8. The van der Waals surface area contributed by atoms with Crippen LogP contribution in [0, 0.1) is 0 Å². The second kappa shape index (κ2) is 8.62. The van der Waals surface area contributed by atoms with Crippen LogP contribution in [-0.4, -0.2) is 31.0 Å². The van der Waals surface area contributed by atoms with Crippen LogP contribution in [0.3, 0.4) is 0 Å². The summed E-state index contributed by atoms with van der Waals surface area (Å²) < 4.78 is 0. The Morgan fingerprint density at radius 1 is 1.23 bits per heavy atom. The number of rotatable bonds is 7. The molecule has 1 N–H and O–H groups in total. The van der Waals surface area contributed by atoms with Crippen LogP contribution in [0.2, 0.25) is 0 Å². The Morgan fingerprint density at radius 2 is 2.05 bits per heavy atom. The zero-order valence-electron chi connectivity index (χ0n) is 12.8. The third-order valence-electron chi connectivity index (χ3n) is 3.28. The maximum absolute atomic E-state index is 11.7. The lowest BCUT2D eigenvalue weighted by Gasteiger charge is -2.18. The Labute approximate surface area is 131 Å². The molecule has 0 atom stereocenters. The summed E-state index contributed by atoms with van der Waals surface area (Å²) in [7, 11) is 2.06. The minimum atomic E-state index is -0.0776. The minimum Gasteiger partial charge on any atom is -0.375 e. The minimum absolute atomic E-state index is 0.0776. The van der Waals surface area contributed by atoms with E-state index in [1.54, 1.807) is 18.5 Å². The van der Waals surface area contributed by atoms with E-state index in [1.165, 1.54) is 11.8 Å². The summed E-state index contributed by atoms with van der Waals surface area (Å²) in [5, 5.41) is 2.89. The molecule has 1 amide bonds. The smallest absolute Gasteiger partial charge is 0.244 e. The Bertz CT molecular complexity index is 596. The number of nitrogens with one attached hydrogen (secondary N) is 1. The van der Waals surface area contributed by atoms with Gasteiger partial charge in [0.25, 0.3) is 0 Å². The Morgan fingerprint density at radius 3 is 2.77 bits per heavy atom. The van der Waals surface area contributed by atoms with E-state index in [1.807, 2.05) is 30.3 Å². The fourth-order valence-corrected chi connectivity index (χ4v) is 2.04. The van der Waals surface area contributed by atoms with Crippen LogP contribution < -0.4 is 10.2 Å². The molecule has 0 aliphatic carbocycles. The van der Waals surface area contributed by atoms with Gasteiger partial charge in [0.1, 0.15) is 0 Å². The first-order valence-electron chi connectivity index (χ1n) is 7.38. The molecule has 4 heteroatoms. The van der Waals surface area contributed by atoms with Gasteiger partial charge in [0.05, 0.1) is 0 Å². The van der Waals surface area contributed by atoms with Crippen LogP contribution in [0.15, 0.2) is 60.9 Å². The molecular weight excluding hydrogens is 274 g/mol. The SMILES string of the molecule is CN(CCCNC(=O)/C=C/c1cccnc1)c1ccccc1. The van der Waals surface area contributed by atoms with Crippen LogP contribution in [-0.2, 0) is 4.79 Å². The molecule has 4 nitrogen and oxygen atoms in total. The number of para-hydroxylation sites is 1. The maximum atomic E-state index is 11.7. The predicted octanol–water partition coefficient (Wildman–Crippen LogP) is 2.74. The van der Waals surface area contributed by atoms with Gasteiger partial charge in [0.2, 0.25) is 5.91 Å². The third kappa shape index (κ3) is 5.40. The quantitative estimate of drug-likeness (QED) is 0.631. The molecule has 0 aliphatic heterocycles. The van der Waals surface area contributed by atoms with E-state index < -0.39 is 0 Å². The van der Waals surface area contributed by atoms with Gasteiger partial charge in [-0.2, -0.15) is 0 Å². The molecule has 2 rings (SSSR count). The highest BCUT2D eigenvalue weighted by molar-refractivity contribution is 5.91. The van der Waals surface area contributed by atoms with Crippen LogP contribution in [0.1, 0.15) is 12.0 Å². The number of benzene rings is 1. The fourth-order valence-electron chi connectivity index (χ4n) is 2.04. The van der Waals surface area contributed by atoms with Crippen molar-refractivity contribution < 1.29 is 4.79 Å². The molecule has 0 fully saturated rings. The average molecular weight is 295 g/mol. The Balaban J connectivity index is 1.66. The molecule has 0 unspecified atom stereocenters. The van der Waals surface area contributed by atoms with Crippen molar-refractivity contribution in [3.63, 3.8) is 0 Å². The molecule has 114 valence electrons. The van der Waals surface area contributed by atoms with Gasteiger partial charge in [-0.25, -0.2) is 0 Å². The molecular formula is C18H21N3O. The van der Waals surface area contributed by atoms with Crippen LogP contribution >= 0.6 is 0 Å². The van der Waals surface area contributed by atoms with Crippen LogP contribution in [0.5, 0.6) is 0 Å². The van der Waals surface area contributed by atoms with E-state index in [-0.39, 0.29) is 5.91 Å². The summed E-state index contributed by atoms with van der Waals surface area (Å²) in [5.74, 6) is -0.0776. The number of hydrogen-bond acceptors (Lipinski definition) is 3. The molecule has 0 spiro atoms. The van der Waals surface area contributed by atoms with Crippen molar-refractivity contribution in [2.45, 2.75) is 6.42 Å². The van der Waals surface area contributed by atoms with E-state index in [4.69, 9.17) is 0 Å². The molecule has 0 bridgehead atoms. The van der Waals surface area contributed by atoms with Crippen molar-refractivity contribution in [3.05, 3.63) is 66.5 Å². The van der Waals surface area contributed by atoms with Crippen molar-refractivity contribution in [2.24, 2.45) is 0 Å². The highest BCUT2D eigenvalue weighted by Crippen LogP contribution is 2.10. The Hall–Kier alpha value is -2.62. The largest absolute Gasteiger partial charge is 0.375 e. The molecule has 1 aromatic carbocycles. The van der Waals surface area contributed by atoms with E-state index in [2.05, 4.69) is 34.4 Å². The molecule has 0 aliphatic rings. The number of amides is 1. The van der Waals surface area contributed by atoms with E-state index >= 15 is 0 Å². The second-order valence-corrected chi connectivity index (χ2v) is 5.02. The van der Waals surface area contributed by atoms with E-state index in [0.29, 0.717) is 6.54 Å². The van der Waals surface area contributed by atoms with Gasteiger partial charge in [-0.05, 0) is 36.3 Å². The normalized spacial score (nSPS) is 10.6. The number of nitrogens with zero attached hydrogens (tertiary/aromatic N) is 2. The highest BCUT2D eigenvalue weighted by atomic mass is 16.1. The van der Waals surface area contributed by atoms with Crippen molar-refractivity contribution in [1.29, 1.82) is 0 Å². The molecule has 22 heavy (non-hydrogen) atoms. The molecule has 0 saturated carbocycles. The lowest BCUT2D eigenvalue weighted by atomic mass is 10.2. The molecule has 2 aromatic rings. The van der Waals surface area contributed by atoms with Gasteiger partial charge in [0, 0.05) is 44.3 Å². The zero-order valence-corrected chi connectivity index (χ0v) is 12.8. The van der Waals surface area contributed by atoms with Gasteiger partial charge in [0.15, 0.2) is 0 Å². The lowest BCUT2D eigenvalue weighted by molar-refractivity contribution is -0.116. The fraction of sp³-hybridized carbons (Fsp3) is 0.222. The third-order valence-corrected chi connectivity index (χ3v) is 3.28. The number of anilines is 1. The van der Waals surface area contributed by atoms with Crippen LogP contribution in [0.4, 0.5) is 5.69 Å². The van der Waals surface area contributed by atoms with Crippen molar-refractivity contribution in [3.8, 4) is 0 Å². The monoisotopic (exact) mass is 295 g/mol. The number of carbonyl (C=O) groups is 1. The number of pyridine rings is 1. The number of carbonyl (C=O) groups excluding carboxylic acids is 1. The predicted molar refractivity (Wildman–Crippen MR) is 90.6 cm³/mol. The second-order valence-electron chi connectivity index (χ2n) is 5.02. The summed E-state index contributed by atoms with van der Waals surface area (Å²) in [5.41, 5.74) is 2.10. The first kappa shape index (κ1) is 15.8. The van der Waals surface area contributed by atoms with Gasteiger partial charge in [-0.1, -0.05) is 24.3 Å². The maximum Gasteiger partial charge on any atom is 0.244 e. The zero-order chi connectivity index (χ0) is 15.6. The van der Waals surface area contributed by atoms with Gasteiger partial charge in [-0.3, -0.25) is 9.78 Å². The average Bonchev–Trinajstić information content (AvgIpc) is 2.58. The molecule has 1 heterocycles. The summed E-state index contributed by atoms with van der Waals surface area (Å²) in [4.78, 5) is 17.9. The van der Waals surface area contributed by atoms with Gasteiger partial charge < -0.3 is 10.2 Å². The first-order valence-corrected chi connectivity index (χ1v) is 7.38. The number of hydrogen-bond donors (Lipinski definition) is 1. The van der Waals surface area contributed by atoms with E-state index in [0.717, 1.165) is 18.5 Å². The standard InChI is InChI=1S/C18H21N3O/c1-21(17-8-3-2-4-9-17)14-6-13-20-18(22)11-10-16-7-5-12-19-15-16/h2-5,7-12,15H,6,13-14H2,1H3,(H,20,22)/b11-10+. The lowest BCUT2D eigenvalue weighted by Crippen LogP contribution is -2.26. The van der Waals surface area contributed by atoms with Crippen LogP contribution in [0.25, 0.3) is 6.08 Å². The summed E-state index contributed by atoms with van der Waals surface area (Å²) in [6, 6.07) is 14.0. The number of aromatic nitrogens is 1. The van der Waals surface area contributed by atoms with Crippen molar-refractivity contribution >= 4 is 17.7 Å². The summed E-state index contributed by atoms with van der Waals surface area (Å²) in [6.45, 7) is 1.56. The van der Waals surface area contributed by atoms with Crippen molar-refractivity contribution in [1.82, 2.24) is 10.3 Å².